The van der Waals surface area contributed by atoms with Crippen LogP contribution in [-0.4, -0.2) is 17.4 Å². The molecule has 0 unspecified atom stereocenters. The molecule has 1 aromatic carbocycles. The number of hydrogen-bond acceptors (Lipinski definition) is 5. The number of benzene rings is 1. The molecule has 2 aromatic rings. The maximum Gasteiger partial charge on any atom is 0.269 e. The number of hydrogen-bond donors (Lipinski definition) is 3. The number of nitrogens with two attached hydrogens (primary N) is 1. The maximum atomic E-state index is 13.0. The predicted molar refractivity (Wildman–Crippen MR) is 80.1 cm³/mol. The number of rotatable bonds is 4. The Morgan fingerprint density at radius 1 is 1.55 bits per heavy atom. The van der Waals surface area contributed by atoms with E-state index in [1.54, 1.807) is 0 Å². The van der Waals surface area contributed by atoms with E-state index >= 15 is 0 Å². The van der Waals surface area contributed by atoms with Gasteiger partial charge in [0.2, 0.25) is 0 Å². The normalized spacial score (nSPS) is 10.3. The molecule has 1 aromatic heterocycles. The van der Waals surface area contributed by atoms with Crippen LogP contribution < -0.4 is 16.4 Å². The van der Waals surface area contributed by atoms with E-state index in [4.69, 9.17) is 17.3 Å². The topological polar surface area (TPSA) is 80.0 Å². The third-order valence-electron chi connectivity index (χ3n) is 2.37. The number of carbonyl (C=O) groups is 1. The highest BCUT2D eigenvalue weighted by Gasteiger charge is 2.16. The Hall–Kier alpha value is -1.86. The van der Waals surface area contributed by atoms with E-state index in [1.165, 1.54) is 18.2 Å². The van der Waals surface area contributed by atoms with Gasteiger partial charge in [0.1, 0.15) is 16.5 Å². The van der Waals surface area contributed by atoms with Crippen molar-refractivity contribution in [1.82, 2.24) is 4.98 Å². The average Bonchev–Trinajstić information content (AvgIpc) is 2.75. The third kappa shape index (κ3) is 3.17. The lowest BCUT2D eigenvalue weighted by Gasteiger charge is -2.04. The Morgan fingerprint density at radius 2 is 2.30 bits per heavy atom. The SMILES string of the molecule is CCNc1nc(N)c(C(=O)Nc2ccc(F)c(Cl)c2)s1. The summed E-state index contributed by atoms with van der Waals surface area (Å²) >= 11 is 6.80. The van der Waals surface area contributed by atoms with Crippen LogP contribution in [0.3, 0.4) is 0 Å². The molecule has 2 rings (SSSR count). The minimum absolute atomic E-state index is 0.0617. The van der Waals surface area contributed by atoms with Gasteiger partial charge in [0.25, 0.3) is 5.91 Å². The number of carbonyl (C=O) groups excluding carboxylic acids is 1. The molecule has 0 aliphatic heterocycles. The first-order valence-electron chi connectivity index (χ1n) is 5.77. The fraction of sp³-hybridized carbons (Fsp3) is 0.167. The van der Waals surface area contributed by atoms with Crippen molar-refractivity contribution in [3.05, 3.63) is 33.9 Å². The lowest BCUT2D eigenvalue weighted by atomic mass is 10.3. The minimum Gasteiger partial charge on any atom is -0.382 e. The molecule has 0 aliphatic carbocycles. The molecular weight excluding hydrogens is 303 g/mol. The summed E-state index contributed by atoms with van der Waals surface area (Å²) in [5.74, 6) is -0.806. The molecule has 106 valence electrons. The molecular formula is C12H12ClFN4OS. The second kappa shape index (κ2) is 6.06. The molecule has 0 spiro atoms. The van der Waals surface area contributed by atoms with Gasteiger partial charge in [-0.3, -0.25) is 4.79 Å². The highest BCUT2D eigenvalue weighted by molar-refractivity contribution is 7.18. The van der Waals surface area contributed by atoms with Crippen LogP contribution in [0, 0.1) is 5.82 Å². The minimum atomic E-state index is -0.545. The second-order valence-corrected chi connectivity index (χ2v) is 5.25. The highest BCUT2D eigenvalue weighted by atomic mass is 35.5. The quantitative estimate of drug-likeness (QED) is 0.809. The van der Waals surface area contributed by atoms with Gasteiger partial charge in [0.15, 0.2) is 5.13 Å². The monoisotopic (exact) mass is 314 g/mol. The fourth-order valence-electron chi connectivity index (χ4n) is 1.48. The Morgan fingerprint density at radius 3 is 2.95 bits per heavy atom. The molecule has 0 saturated carbocycles. The number of nitrogen functional groups attached to an aromatic ring is 1. The van der Waals surface area contributed by atoms with Crippen molar-refractivity contribution in [2.75, 3.05) is 22.9 Å². The molecule has 8 heteroatoms. The second-order valence-electron chi connectivity index (χ2n) is 3.85. The van der Waals surface area contributed by atoms with E-state index in [0.29, 0.717) is 22.2 Å². The molecule has 4 N–H and O–H groups in total. The van der Waals surface area contributed by atoms with Crippen LogP contribution in [0.25, 0.3) is 0 Å². The Bertz CT molecular complexity index is 646. The van der Waals surface area contributed by atoms with Crippen molar-refractivity contribution in [1.29, 1.82) is 0 Å². The van der Waals surface area contributed by atoms with Gasteiger partial charge in [-0.1, -0.05) is 22.9 Å². The van der Waals surface area contributed by atoms with Gasteiger partial charge in [0, 0.05) is 12.2 Å². The average molecular weight is 315 g/mol. The zero-order valence-electron chi connectivity index (χ0n) is 10.5. The van der Waals surface area contributed by atoms with E-state index in [-0.39, 0.29) is 10.8 Å². The number of aromatic nitrogens is 1. The van der Waals surface area contributed by atoms with Gasteiger partial charge < -0.3 is 16.4 Å². The summed E-state index contributed by atoms with van der Waals surface area (Å²) in [6.07, 6.45) is 0. The van der Waals surface area contributed by atoms with E-state index in [2.05, 4.69) is 15.6 Å². The van der Waals surface area contributed by atoms with Gasteiger partial charge >= 0.3 is 0 Å². The van der Waals surface area contributed by atoms with Crippen molar-refractivity contribution in [3.8, 4) is 0 Å². The van der Waals surface area contributed by atoms with E-state index in [9.17, 15) is 9.18 Å². The molecule has 0 atom stereocenters. The standard InChI is InChI=1S/C12H12ClFN4OS/c1-2-16-12-18-10(15)9(20-12)11(19)17-6-3-4-8(14)7(13)5-6/h3-5H,2,15H2,1H3,(H,16,18)(H,17,19). The van der Waals surface area contributed by atoms with Gasteiger partial charge in [-0.2, -0.15) is 0 Å². The molecule has 0 aliphatic rings. The molecule has 5 nitrogen and oxygen atoms in total. The maximum absolute atomic E-state index is 13.0. The van der Waals surface area contributed by atoms with Crippen LogP contribution in [-0.2, 0) is 0 Å². The van der Waals surface area contributed by atoms with Crippen LogP contribution in [0.2, 0.25) is 5.02 Å². The van der Waals surface area contributed by atoms with E-state index < -0.39 is 11.7 Å². The van der Waals surface area contributed by atoms with Crippen molar-refractivity contribution in [2.24, 2.45) is 0 Å². The first-order chi connectivity index (χ1) is 9.51. The summed E-state index contributed by atoms with van der Waals surface area (Å²) in [5.41, 5.74) is 6.08. The number of anilines is 3. The Labute approximate surface area is 124 Å². The van der Waals surface area contributed by atoms with E-state index in [1.807, 2.05) is 6.92 Å². The number of thiazole rings is 1. The summed E-state index contributed by atoms with van der Waals surface area (Å²) < 4.78 is 13.0. The molecule has 1 amide bonds. The summed E-state index contributed by atoms with van der Waals surface area (Å²) in [6, 6.07) is 3.93. The van der Waals surface area contributed by atoms with Crippen LogP contribution in [0.5, 0.6) is 0 Å². The molecule has 0 fully saturated rings. The van der Waals surface area contributed by atoms with Crippen molar-refractivity contribution < 1.29 is 9.18 Å². The summed E-state index contributed by atoms with van der Waals surface area (Å²) in [7, 11) is 0. The first-order valence-corrected chi connectivity index (χ1v) is 6.97. The molecule has 1 heterocycles. The summed E-state index contributed by atoms with van der Waals surface area (Å²) in [5, 5.41) is 6.09. The molecule has 0 bridgehead atoms. The Kier molecular flexibility index (Phi) is 4.41. The van der Waals surface area contributed by atoms with Gasteiger partial charge in [0.05, 0.1) is 5.02 Å². The zero-order valence-corrected chi connectivity index (χ0v) is 12.1. The number of nitrogens with one attached hydrogen (secondary N) is 2. The fourth-order valence-corrected chi connectivity index (χ4v) is 2.51. The number of halogens is 2. The number of amides is 1. The van der Waals surface area contributed by atoms with Crippen molar-refractivity contribution in [3.63, 3.8) is 0 Å². The highest BCUT2D eigenvalue weighted by Crippen LogP contribution is 2.26. The largest absolute Gasteiger partial charge is 0.382 e. The van der Waals surface area contributed by atoms with Gasteiger partial charge in [-0.25, -0.2) is 9.37 Å². The van der Waals surface area contributed by atoms with Crippen LogP contribution >= 0.6 is 22.9 Å². The molecule has 0 saturated heterocycles. The molecule has 20 heavy (non-hydrogen) atoms. The zero-order chi connectivity index (χ0) is 14.7. The van der Waals surface area contributed by atoms with E-state index in [0.717, 1.165) is 11.3 Å². The van der Waals surface area contributed by atoms with Crippen LogP contribution in [0.1, 0.15) is 16.6 Å². The predicted octanol–water partition coefficient (Wildman–Crippen LogP) is 3.20. The smallest absolute Gasteiger partial charge is 0.269 e. The third-order valence-corrected chi connectivity index (χ3v) is 3.68. The lowest BCUT2D eigenvalue weighted by Crippen LogP contribution is -2.12. The van der Waals surface area contributed by atoms with Crippen molar-refractivity contribution >= 4 is 45.5 Å². The molecule has 0 radical (unpaired) electrons. The lowest BCUT2D eigenvalue weighted by molar-refractivity contribution is 0.103. The summed E-state index contributed by atoms with van der Waals surface area (Å²) in [4.78, 5) is 16.4. The van der Waals surface area contributed by atoms with Crippen LogP contribution in [0.4, 0.5) is 21.0 Å². The first kappa shape index (κ1) is 14.5. The van der Waals surface area contributed by atoms with Gasteiger partial charge in [-0.15, -0.1) is 0 Å². The Balaban J connectivity index is 2.17. The number of nitrogens with zero attached hydrogens (tertiary/aromatic N) is 1. The van der Waals surface area contributed by atoms with Crippen LogP contribution in [0.15, 0.2) is 18.2 Å². The van der Waals surface area contributed by atoms with Gasteiger partial charge in [-0.05, 0) is 25.1 Å². The van der Waals surface area contributed by atoms with Crippen molar-refractivity contribution in [2.45, 2.75) is 6.92 Å². The summed E-state index contributed by atoms with van der Waals surface area (Å²) in [6.45, 7) is 2.60.